The third-order valence-corrected chi connectivity index (χ3v) is 3.12. The fourth-order valence-electron chi connectivity index (χ4n) is 1.77. The monoisotopic (exact) mass is 307 g/mol. The standard InChI is InChI=1S/C12H7Cl2N5O/c13-10-9-11(18-12(14)17-10)19(6-16-9)5-8(20)7-2-1-3-15-4-7/h1-4,6H,5H2. The maximum atomic E-state index is 12.1. The van der Waals surface area contributed by atoms with Crippen LogP contribution >= 0.6 is 23.2 Å². The predicted molar refractivity (Wildman–Crippen MR) is 73.9 cm³/mol. The summed E-state index contributed by atoms with van der Waals surface area (Å²) in [6, 6.07) is 3.40. The molecule has 0 bridgehead atoms. The van der Waals surface area contributed by atoms with Gasteiger partial charge in [0.05, 0.1) is 12.9 Å². The van der Waals surface area contributed by atoms with Crippen molar-refractivity contribution < 1.29 is 4.79 Å². The highest BCUT2D eigenvalue weighted by Crippen LogP contribution is 2.20. The van der Waals surface area contributed by atoms with Crippen molar-refractivity contribution in [3.05, 3.63) is 46.9 Å². The third-order valence-electron chi connectivity index (χ3n) is 2.69. The van der Waals surface area contributed by atoms with Crippen molar-refractivity contribution in [3.63, 3.8) is 0 Å². The average molecular weight is 308 g/mol. The molecule has 0 aliphatic carbocycles. The fourth-order valence-corrected chi connectivity index (χ4v) is 2.20. The first-order valence-corrected chi connectivity index (χ1v) is 6.38. The van der Waals surface area contributed by atoms with Crippen LogP contribution in [0.15, 0.2) is 30.9 Å². The molecule has 0 aromatic carbocycles. The van der Waals surface area contributed by atoms with Crippen molar-refractivity contribution >= 4 is 40.1 Å². The lowest BCUT2D eigenvalue weighted by Crippen LogP contribution is -2.10. The number of imidazole rings is 1. The molecule has 3 aromatic heterocycles. The minimum absolute atomic E-state index is 0.0121. The number of ketones is 1. The molecule has 3 heterocycles. The molecule has 0 spiro atoms. The first kappa shape index (κ1) is 13.0. The lowest BCUT2D eigenvalue weighted by atomic mass is 10.2. The van der Waals surface area contributed by atoms with E-state index in [2.05, 4.69) is 19.9 Å². The Labute approximate surface area is 123 Å². The number of pyridine rings is 1. The van der Waals surface area contributed by atoms with Crippen molar-refractivity contribution in [1.82, 2.24) is 24.5 Å². The van der Waals surface area contributed by atoms with Crippen LogP contribution in [-0.2, 0) is 6.54 Å². The van der Waals surface area contributed by atoms with Gasteiger partial charge < -0.3 is 4.57 Å². The Morgan fingerprint density at radius 2 is 2.15 bits per heavy atom. The molecule has 0 radical (unpaired) electrons. The van der Waals surface area contributed by atoms with E-state index in [-0.39, 0.29) is 22.8 Å². The van der Waals surface area contributed by atoms with Gasteiger partial charge in [0.25, 0.3) is 0 Å². The zero-order valence-electron chi connectivity index (χ0n) is 9.99. The van der Waals surface area contributed by atoms with Crippen molar-refractivity contribution in [2.45, 2.75) is 6.54 Å². The Bertz CT molecular complexity index is 787. The molecule has 0 saturated heterocycles. The fraction of sp³-hybridized carbons (Fsp3) is 0.0833. The molecule has 0 unspecified atom stereocenters. The second kappa shape index (κ2) is 5.15. The Morgan fingerprint density at radius 3 is 2.90 bits per heavy atom. The molecule has 3 aromatic rings. The van der Waals surface area contributed by atoms with Gasteiger partial charge in [0.1, 0.15) is 5.52 Å². The zero-order valence-corrected chi connectivity index (χ0v) is 11.5. The second-order valence-electron chi connectivity index (χ2n) is 3.99. The van der Waals surface area contributed by atoms with Gasteiger partial charge in [-0.1, -0.05) is 11.6 Å². The number of Topliss-reactive ketones (excluding diaryl/α,β-unsaturated/α-hetero) is 1. The summed E-state index contributed by atoms with van der Waals surface area (Å²) >= 11 is 11.7. The highest BCUT2D eigenvalue weighted by Gasteiger charge is 2.14. The van der Waals surface area contributed by atoms with Crippen LogP contribution in [0.1, 0.15) is 10.4 Å². The number of fused-ring (bicyclic) bond motifs is 1. The van der Waals surface area contributed by atoms with E-state index in [1.807, 2.05) is 0 Å². The number of carbonyl (C=O) groups is 1. The molecule has 0 amide bonds. The molecule has 20 heavy (non-hydrogen) atoms. The minimum atomic E-state index is -0.108. The van der Waals surface area contributed by atoms with E-state index in [0.29, 0.717) is 16.7 Å². The first-order valence-electron chi connectivity index (χ1n) is 5.62. The average Bonchev–Trinajstić information content (AvgIpc) is 2.83. The maximum absolute atomic E-state index is 12.1. The van der Waals surface area contributed by atoms with E-state index in [9.17, 15) is 4.79 Å². The molecule has 8 heteroatoms. The van der Waals surface area contributed by atoms with Crippen LogP contribution in [0.4, 0.5) is 0 Å². The summed E-state index contributed by atoms with van der Waals surface area (Å²) < 4.78 is 1.57. The lowest BCUT2D eigenvalue weighted by Gasteiger charge is -2.03. The molecular weight excluding hydrogens is 301 g/mol. The Kier molecular flexibility index (Phi) is 3.33. The number of aromatic nitrogens is 5. The van der Waals surface area contributed by atoms with E-state index in [4.69, 9.17) is 23.2 Å². The van der Waals surface area contributed by atoms with Crippen LogP contribution < -0.4 is 0 Å². The summed E-state index contributed by atoms with van der Waals surface area (Å²) in [5.41, 5.74) is 1.35. The van der Waals surface area contributed by atoms with E-state index in [1.54, 1.807) is 22.9 Å². The zero-order chi connectivity index (χ0) is 14.1. The molecule has 0 N–H and O–H groups in total. The predicted octanol–water partition coefficient (Wildman–Crippen LogP) is 2.41. The molecule has 0 aliphatic rings. The van der Waals surface area contributed by atoms with Gasteiger partial charge >= 0.3 is 0 Å². The molecule has 100 valence electrons. The first-order chi connectivity index (χ1) is 9.65. The molecule has 6 nitrogen and oxygen atoms in total. The van der Waals surface area contributed by atoms with E-state index >= 15 is 0 Å². The van der Waals surface area contributed by atoms with Crippen LogP contribution in [0.25, 0.3) is 11.2 Å². The lowest BCUT2D eigenvalue weighted by molar-refractivity contribution is 0.0973. The summed E-state index contributed by atoms with van der Waals surface area (Å²) in [6.45, 7) is 0.0753. The number of rotatable bonds is 3. The maximum Gasteiger partial charge on any atom is 0.225 e. The van der Waals surface area contributed by atoms with Crippen LogP contribution in [0.2, 0.25) is 10.4 Å². The summed E-state index contributed by atoms with van der Waals surface area (Å²) in [5, 5.41) is 0.172. The number of halogens is 2. The largest absolute Gasteiger partial charge is 0.307 e. The molecule has 0 atom stereocenters. The topological polar surface area (TPSA) is 73.6 Å². The SMILES string of the molecule is O=C(Cn1cnc2c(Cl)nc(Cl)nc21)c1cccnc1. The van der Waals surface area contributed by atoms with Gasteiger partial charge in [-0.3, -0.25) is 9.78 Å². The molecule has 0 aliphatic heterocycles. The number of hydrogen-bond donors (Lipinski definition) is 0. The van der Waals surface area contributed by atoms with Gasteiger partial charge in [-0.05, 0) is 23.7 Å². The highest BCUT2D eigenvalue weighted by atomic mass is 35.5. The van der Waals surface area contributed by atoms with Crippen LogP contribution in [-0.4, -0.2) is 30.3 Å². The summed E-state index contributed by atoms with van der Waals surface area (Å²) in [7, 11) is 0. The van der Waals surface area contributed by atoms with Crippen LogP contribution in [0.3, 0.4) is 0 Å². The molecule has 0 fully saturated rings. The number of nitrogens with zero attached hydrogens (tertiary/aromatic N) is 5. The van der Waals surface area contributed by atoms with Crippen molar-refractivity contribution in [2.75, 3.05) is 0 Å². The van der Waals surface area contributed by atoms with Crippen molar-refractivity contribution in [2.24, 2.45) is 0 Å². The van der Waals surface area contributed by atoms with Gasteiger partial charge in [-0.2, -0.15) is 4.98 Å². The van der Waals surface area contributed by atoms with Gasteiger partial charge in [0, 0.05) is 18.0 Å². The van der Waals surface area contributed by atoms with Gasteiger partial charge in [0.2, 0.25) is 5.28 Å². The second-order valence-corrected chi connectivity index (χ2v) is 4.69. The van der Waals surface area contributed by atoms with E-state index in [0.717, 1.165) is 0 Å². The van der Waals surface area contributed by atoms with Gasteiger partial charge in [-0.15, -0.1) is 0 Å². The molecular formula is C12H7Cl2N5O. The van der Waals surface area contributed by atoms with Crippen molar-refractivity contribution in [1.29, 1.82) is 0 Å². The molecule has 0 saturated carbocycles. The van der Waals surface area contributed by atoms with Crippen LogP contribution in [0, 0.1) is 0 Å². The quantitative estimate of drug-likeness (QED) is 0.422. The Balaban J connectivity index is 1.98. The summed E-state index contributed by atoms with van der Waals surface area (Å²) in [4.78, 5) is 28.0. The van der Waals surface area contributed by atoms with E-state index in [1.165, 1.54) is 12.5 Å². The third kappa shape index (κ3) is 2.35. The van der Waals surface area contributed by atoms with Gasteiger partial charge in [-0.25, -0.2) is 9.97 Å². The smallest absolute Gasteiger partial charge is 0.225 e. The summed E-state index contributed by atoms with van der Waals surface area (Å²) in [6.07, 6.45) is 4.60. The summed E-state index contributed by atoms with van der Waals surface area (Å²) in [5.74, 6) is -0.108. The van der Waals surface area contributed by atoms with Gasteiger partial charge in [0.15, 0.2) is 16.6 Å². The minimum Gasteiger partial charge on any atom is -0.307 e. The van der Waals surface area contributed by atoms with E-state index < -0.39 is 0 Å². The Morgan fingerprint density at radius 1 is 1.30 bits per heavy atom. The Hall–Kier alpha value is -2.05. The molecule has 3 rings (SSSR count). The normalized spacial score (nSPS) is 10.9. The number of carbonyl (C=O) groups excluding carboxylic acids is 1. The highest BCUT2D eigenvalue weighted by molar-refractivity contribution is 6.35. The van der Waals surface area contributed by atoms with Crippen molar-refractivity contribution in [3.8, 4) is 0 Å². The number of hydrogen-bond acceptors (Lipinski definition) is 5. The van der Waals surface area contributed by atoms with Crippen LogP contribution in [0.5, 0.6) is 0 Å².